The van der Waals surface area contributed by atoms with Crippen LogP contribution >= 0.6 is 7.82 Å². The average Bonchev–Trinajstić information content (AvgIpc) is 3.73. The minimum absolute atomic E-state index is 0.0915. The number of Topliss-reactive ketones (excluding diaryl/α,β-unsaturated/α-hetero) is 1. The van der Waals surface area contributed by atoms with Gasteiger partial charge >= 0.3 is 7.82 Å². The van der Waals surface area contributed by atoms with E-state index in [0.717, 1.165) is 29.5 Å². The fourth-order valence-corrected chi connectivity index (χ4v) is 6.93. The third kappa shape index (κ3) is 6.09. The molecule has 3 aliphatic rings. The van der Waals surface area contributed by atoms with E-state index in [2.05, 4.69) is 14.8 Å². The standard InChI is InChI=1S/C27H35N4O10P/c1-40-23-7-3-6-19-18(23)11-21(28-19)27(36)31-12-16-4-2-5-17(16)24(31)25(34)29-20(22(33)13-32)10-15-8-9-30(26(15)35)14-41-42(37,38)39/h3,6-7,11,15-17,20,24,28,32H,2,4-5,8-10,12-14H2,1H3,(H,29,34)(H2,37,38,39)/t15-,16-,17-,20-,24-/m0/s1. The van der Waals surface area contributed by atoms with Crippen LogP contribution in [-0.4, -0.2) is 98.8 Å². The zero-order valence-electron chi connectivity index (χ0n) is 23.1. The first-order valence-electron chi connectivity index (χ1n) is 13.9. The van der Waals surface area contributed by atoms with E-state index in [0.29, 0.717) is 23.5 Å². The number of phosphoric ester groups is 1. The Balaban J connectivity index is 1.33. The summed E-state index contributed by atoms with van der Waals surface area (Å²) in [7, 11) is -3.24. The molecule has 42 heavy (non-hydrogen) atoms. The maximum absolute atomic E-state index is 13.8. The number of amides is 3. The molecule has 5 rings (SSSR count). The van der Waals surface area contributed by atoms with Crippen LogP contribution in [0.15, 0.2) is 24.3 Å². The van der Waals surface area contributed by atoms with Gasteiger partial charge in [0.1, 0.15) is 30.8 Å². The van der Waals surface area contributed by atoms with Gasteiger partial charge in [-0.1, -0.05) is 12.5 Å². The highest BCUT2D eigenvalue weighted by atomic mass is 31.2. The summed E-state index contributed by atoms with van der Waals surface area (Å²) < 4.78 is 20.9. The van der Waals surface area contributed by atoms with Gasteiger partial charge < -0.3 is 39.7 Å². The van der Waals surface area contributed by atoms with Crippen molar-refractivity contribution in [2.45, 2.75) is 44.2 Å². The van der Waals surface area contributed by atoms with E-state index in [9.17, 15) is 28.8 Å². The van der Waals surface area contributed by atoms with Crippen LogP contribution in [0.5, 0.6) is 5.75 Å². The Hall–Kier alpha value is -3.29. The molecule has 0 radical (unpaired) electrons. The first-order valence-corrected chi connectivity index (χ1v) is 15.4. The number of likely N-dealkylation sites (tertiary alicyclic amines) is 2. The normalized spacial score (nSPS) is 24.7. The number of fused-ring (bicyclic) bond motifs is 2. The molecule has 2 saturated heterocycles. The Morgan fingerprint density at radius 3 is 2.71 bits per heavy atom. The van der Waals surface area contributed by atoms with Crippen molar-refractivity contribution in [3.05, 3.63) is 30.0 Å². The SMILES string of the molecule is COc1cccc2[nH]c(C(=O)N3C[C@@H]4CCC[C@@H]4[C@H]3C(=O)N[C@@H](C[C@@H]3CCN(COP(=O)(O)O)C3=O)C(=O)CO)cc12. The predicted octanol–water partition coefficient (Wildman–Crippen LogP) is 0.769. The van der Waals surface area contributed by atoms with Crippen molar-refractivity contribution in [1.29, 1.82) is 0 Å². The molecule has 2 aliphatic heterocycles. The molecule has 228 valence electrons. The van der Waals surface area contributed by atoms with E-state index in [-0.39, 0.29) is 37.1 Å². The van der Waals surface area contributed by atoms with Crippen LogP contribution < -0.4 is 10.1 Å². The lowest BCUT2D eigenvalue weighted by Crippen LogP contribution is -2.53. The second kappa shape index (κ2) is 12.1. The van der Waals surface area contributed by atoms with E-state index in [1.807, 2.05) is 6.07 Å². The van der Waals surface area contributed by atoms with Gasteiger partial charge in [-0.15, -0.1) is 0 Å². The van der Waals surface area contributed by atoms with Crippen molar-refractivity contribution in [2.75, 3.05) is 33.5 Å². The molecule has 0 bridgehead atoms. The quantitative estimate of drug-likeness (QED) is 0.228. The molecule has 1 aliphatic carbocycles. The second-order valence-electron chi connectivity index (χ2n) is 11.1. The number of phosphoric acid groups is 1. The smallest absolute Gasteiger partial charge is 0.471 e. The van der Waals surface area contributed by atoms with E-state index in [4.69, 9.17) is 14.5 Å². The van der Waals surface area contributed by atoms with Crippen molar-refractivity contribution < 1.29 is 47.9 Å². The van der Waals surface area contributed by atoms with Crippen molar-refractivity contribution in [3.63, 3.8) is 0 Å². The Morgan fingerprint density at radius 1 is 1.21 bits per heavy atom. The molecule has 0 unspecified atom stereocenters. The molecule has 2 aromatic rings. The first kappa shape index (κ1) is 30.2. The number of benzene rings is 1. The zero-order valence-corrected chi connectivity index (χ0v) is 24.0. The Bertz CT molecular complexity index is 1420. The van der Waals surface area contributed by atoms with Gasteiger partial charge in [0.15, 0.2) is 5.78 Å². The minimum atomic E-state index is -4.78. The second-order valence-corrected chi connectivity index (χ2v) is 12.4. The highest BCUT2D eigenvalue weighted by Crippen LogP contribution is 2.43. The largest absolute Gasteiger partial charge is 0.496 e. The van der Waals surface area contributed by atoms with E-state index < -0.39 is 56.8 Å². The summed E-state index contributed by atoms with van der Waals surface area (Å²) in [5.41, 5.74) is 1.03. The van der Waals surface area contributed by atoms with Gasteiger partial charge in [-0.05, 0) is 55.7 Å². The van der Waals surface area contributed by atoms with E-state index in [1.54, 1.807) is 30.2 Å². The summed E-state index contributed by atoms with van der Waals surface area (Å²) in [4.78, 5) is 76.8. The molecule has 5 N–H and O–H groups in total. The molecule has 3 amide bonds. The number of aromatic amines is 1. The summed E-state index contributed by atoms with van der Waals surface area (Å²) in [5, 5.41) is 13.1. The van der Waals surface area contributed by atoms with Crippen molar-refractivity contribution in [2.24, 2.45) is 17.8 Å². The molecule has 14 nitrogen and oxygen atoms in total. The van der Waals surface area contributed by atoms with Gasteiger partial charge in [0, 0.05) is 29.9 Å². The lowest BCUT2D eigenvalue weighted by atomic mass is 9.92. The van der Waals surface area contributed by atoms with Crippen molar-refractivity contribution >= 4 is 42.2 Å². The fraction of sp³-hybridized carbons (Fsp3) is 0.556. The van der Waals surface area contributed by atoms with Gasteiger partial charge in [0.05, 0.1) is 13.2 Å². The summed E-state index contributed by atoms with van der Waals surface area (Å²) in [6, 6.07) is 5.10. The van der Waals surface area contributed by atoms with Gasteiger partial charge in [-0.2, -0.15) is 0 Å². The molecule has 15 heteroatoms. The number of carbonyl (C=O) groups is 4. The molecule has 1 saturated carbocycles. The third-order valence-corrected chi connectivity index (χ3v) is 9.12. The molecule has 3 fully saturated rings. The number of ether oxygens (including phenoxy) is 1. The number of hydrogen-bond acceptors (Lipinski definition) is 8. The molecule has 1 aromatic heterocycles. The fourth-order valence-electron chi connectivity index (χ4n) is 6.64. The van der Waals surface area contributed by atoms with Crippen LogP contribution in [0.3, 0.4) is 0 Å². The number of carbonyl (C=O) groups excluding carboxylic acids is 4. The Labute approximate surface area is 241 Å². The summed E-state index contributed by atoms with van der Waals surface area (Å²) in [6.45, 7) is -0.913. The van der Waals surface area contributed by atoms with Gasteiger partial charge in [0.25, 0.3) is 5.91 Å². The molecule has 1 aromatic carbocycles. The number of methoxy groups -OCH3 is 1. The minimum Gasteiger partial charge on any atom is -0.496 e. The lowest BCUT2D eigenvalue weighted by Gasteiger charge is -2.29. The number of hydrogen-bond donors (Lipinski definition) is 5. The third-order valence-electron chi connectivity index (χ3n) is 8.67. The topological polar surface area (TPSA) is 199 Å². The van der Waals surface area contributed by atoms with Crippen LogP contribution in [0.2, 0.25) is 0 Å². The highest BCUT2D eigenvalue weighted by molar-refractivity contribution is 7.46. The monoisotopic (exact) mass is 606 g/mol. The Morgan fingerprint density at radius 2 is 2.00 bits per heavy atom. The predicted molar refractivity (Wildman–Crippen MR) is 147 cm³/mol. The first-order chi connectivity index (χ1) is 20.0. The summed E-state index contributed by atoms with van der Waals surface area (Å²) in [5.74, 6) is -2.11. The highest BCUT2D eigenvalue weighted by Gasteiger charge is 2.50. The Kier molecular flexibility index (Phi) is 8.72. The number of nitrogens with zero attached hydrogens (tertiary/aromatic N) is 2. The number of rotatable bonds is 11. The molecular formula is C27H35N4O10P. The number of aliphatic hydroxyl groups excluding tert-OH is 1. The number of aromatic nitrogens is 1. The van der Waals surface area contributed by atoms with Crippen LogP contribution in [0, 0.1) is 17.8 Å². The molecule has 3 heterocycles. The lowest BCUT2D eigenvalue weighted by molar-refractivity contribution is -0.136. The molecular weight excluding hydrogens is 571 g/mol. The zero-order chi connectivity index (χ0) is 30.2. The van der Waals surface area contributed by atoms with Crippen molar-refractivity contribution in [3.8, 4) is 5.75 Å². The van der Waals surface area contributed by atoms with Crippen LogP contribution in [0.1, 0.15) is 42.6 Å². The summed E-state index contributed by atoms with van der Waals surface area (Å²) in [6.07, 6.45) is 2.72. The number of nitrogens with one attached hydrogen (secondary N) is 2. The van der Waals surface area contributed by atoms with Gasteiger partial charge in [-0.25, -0.2) is 4.57 Å². The van der Waals surface area contributed by atoms with Crippen molar-refractivity contribution in [1.82, 2.24) is 20.1 Å². The maximum Gasteiger partial charge on any atom is 0.471 e. The number of ketones is 1. The molecule has 0 spiro atoms. The number of aliphatic hydroxyl groups is 1. The summed E-state index contributed by atoms with van der Waals surface area (Å²) >= 11 is 0. The van der Waals surface area contributed by atoms with Gasteiger partial charge in [-0.3, -0.25) is 23.7 Å². The van der Waals surface area contributed by atoms with Gasteiger partial charge in [0.2, 0.25) is 11.8 Å². The maximum atomic E-state index is 13.8. The number of H-pyrrole nitrogens is 1. The van der Waals surface area contributed by atoms with Crippen LogP contribution in [0.25, 0.3) is 10.9 Å². The van der Waals surface area contributed by atoms with Crippen LogP contribution in [-0.2, 0) is 23.5 Å². The van der Waals surface area contributed by atoms with E-state index in [1.165, 1.54) is 0 Å². The van der Waals surface area contributed by atoms with E-state index >= 15 is 0 Å². The molecule has 5 atom stereocenters. The average molecular weight is 607 g/mol. The van der Waals surface area contributed by atoms with Crippen LogP contribution in [0.4, 0.5) is 0 Å².